The summed E-state index contributed by atoms with van der Waals surface area (Å²) in [5.74, 6) is -0.958. The molecule has 1 aromatic rings. The number of sulfonamides is 1. The Labute approximate surface area is 155 Å². The fourth-order valence-corrected chi connectivity index (χ4v) is 4.70. The molecule has 0 bridgehead atoms. The van der Waals surface area contributed by atoms with Crippen LogP contribution in [0.3, 0.4) is 0 Å². The number of carbonyl (C=O) groups is 2. The summed E-state index contributed by atoms with van der Waals surface area (Å²) in [5.41, 5.74) is 1.12. The molecule has 0 spiro atoms. The van der Waals surface area contributed by atoms with Crippen LogP contribution in [0.15, 0.2) is 29.2 Å². The smallest absolute Gasteiger partial charge is 0.262 e. The van der Waals surface area contributed by atoms with E-state index in [1.165, 1.54) is 18.2 Å². The SMILES string of the molecule is CCCN([C@@H](C(=O)NO)C(C)(C)C)S(=O)(=O)c1cccc(C(=O)CC)c1. The van der Waals surface area contributed by atoms with Gasteiger partial charge < -0.3 is 0 Å². The van der Waals surface area contributed by atoms with Gasteiger partial charge >= 0.3 is 0 Å². The summed E-state index contributed by atoms with van der Waals surface area (Å²) < 4.78 is 27.6. The Kier molecular flexibility index (Phi) is 7.49. The molecule has 0 aromatic heterocycles. The summed E-state index contributed by atoms with van der Waals surface area (Å²) in [6.45, 7) is 8.78. The highest BCUT2D eigenvalue weighted by Gasteiger charge is 2.42. The van der Waals surface area contributed by atoms with Crippen molar-refractivity contribution in [1.82, 2.24) is 9.79 Å². The molecule has 0 aliphatic rings. The number of hydrogen-bond acceptors (Lipinski definition) is 5. The molecule has 0 heterocycles. The van der Waals surface area contributed by atoms with Crippen molar-refractivity contribution in [2.45, 2.75) is 58.4 Å². The van der Waals surface area contributed by atoms with E-state index in [9.17, 15) is 18.0 Å². The van der Waals surface area contributed by atoms with E-state index in [2.05, 4.69) is 0 Å². The largest absolute Gasteiger partial charge is 0.294 e. The number of hydrogen-bond donors (Lipinski definition) is 2. The number of rotatable bonds is 8. The lowest BCUT2D eigenvalue weighted by Crippen LogP contribution is -2.55. The van der Waals surface area contributed by atoms with E-state index in [4.69, 9.17) is 5.21 Å². The molecule has 26 heavy (non-hydrogen) atoms. The number of ketones is 1. The predicted octanol–water partition coefficient (Wildman–Crippen LogP) is 2.60. The Hall–Kier alpha value is -1.77. The topological polar surface area (TPSA) is 104 Å². The second kappa shape index (κ2) is 8.75. The molecule has 8 heteroatoms. The van der Waals surface area contributed by atoms with Crippen LogP contribution in [-0.4, -0.2) is 42.2 Å². The van der Waals surface area contributed by atoms with Gasteiger partial charge in [0, 0.05) is 18.5 Å². The number of nitrogens with one attached hydrogen (secondary N) is 1. The van der Waals surface area contributed by atoms with Gasteiger partial charge in [-0.1, -0.05) is 46.8 Å². The molecule has 0 aliphatic heterocycles. The van der Waals surface area contributed by atoms with Crippen LogP contribution >= 0.6 is 0 Å². The summed E-state index contributed by atoms with van der Waals surface area (Å²) in [4.78, 5) is 24.1. The van der Waals surface area contributed by atoms with Crippen molar-refractivity contribution in [3.05, 3.63) is 29.8 Å². The summed E-state index contributed by atoms with van der Waals surface area (Å²) in [6.07, 6.45) is 0.748. The minimum absolute atomic E-state index is 0.0507. The number of Topliss-reactive ketones (excluding diaryl/α,β-unsaturated/α-hetero) is 1. The standard InChI is InChI=1S/C18H28N2O5S/c1-6-11-20(16(17(22)19-23)18(3,4)5)26(24,25)14-10-8-9-13(12-14)15(21)7-2/h8-10,12,16,23H,6-7,11H2,1-5H3,(H,19,22)/t16-/m0/s1. The third-order valence-electron chi connectivity index (χ3n) is 3.99. The van der Waals surface area contributed by atoms with E-state index in [1.54, 1.807) is 46.2 Å². The van der Waals surface area contributed by atoms with Gasteiger partial charge in [-0.3, -0.25) is 14.8 Å². The summed E-state index contributed by atoms with van der Waals surface area (Å²) in [7, 11) is -4.06. The Morgan fingerprint density at radius 3 is 2.31 bits per heavy atom. The lowest BCUT2D eigenvalue weighted by atomic mass is 9.86. The van der Waals surface area contributed by atoms with Crippen LogP contribution in [-0.2, 0) is 14.8 Å². The molecule has 1 aromatic carbocycles. The van der Waals surface area contributed by atoms with Gasteiger partial charge in [-0.2, -0.15) is 4.31 Å². The van der Waals surface area contributed by atoms with Gasteiger partial charge in [0.15, 0.2) is 5.78 Å². The molecule has 0 saturated heterocycles. The second-order valence-corrected chi connectivity index (χ2v) is 9.06. The van der Waals surface area contributed by atoms with E-state index in [0.717, 1.165) is 4.31 Å². The van der Waals surface area contributed by atoms with Gasteiger partial charge in [0.25, 0.3) is 5.91 Å². The number of nitrogens with zero attached hydrogens (tertiary/aromatic N) is 1. The predicted molar refractivity (Wildman–Crippen MR) is 98.4 cm³/mol. The summed E-state index contributed by atoms with van der Waals surface area (Å²) in [6, 6.07) is 4.71. The van der Waals surface area contributed by atoms with Crippen LogP contribution in [0.1, 0.15) is 57.8 Å². The molecule has 1 amide bonds. The lowest BCUT2D eigenvalue weighted by Gasteiger charge is -2.37. The van der Waals surface area contributed by atoms with Gasteiger partial charge in [-0.15, -0.1) is 0 Å². The van der Waals surface area contributed by atoms with Crippen LogP contribution in [0.25, 0.3) is 0 Å². The van der Waals surface area contributed by atoms with Crippen LogP contribution in [0, 0.1) is 5.41 Å². The molecule has 1 atom stereocenters. The minimum atomic E-state index is -4.06. The zero-order valence-corrected chi connectivity index (χ0v) is 16.8. The highest BCUT2D eigenvalue weighted by atomic mass is 32.2. The molecular weight excluding hydrogens is 356 g/mol. The molecule has 2 N–H and O–H groups in total. The fourth-order valence-electron chi connectivity index (χ4n) is 2.80. The Bertz CT molecular complexity index is 753. The zero-order chi connectivity index (χ0) is 20.1. The van der Waals surface area contributed by atoms with Gasteiger partial charge in [0.05, 0.1) is 4.90 Å². The van der Waals surface area contributed by atoms with Crippen molar-refractivity contribution in [1.29, 1.82) is 0 Å². The molecular formula is C18H28N2O5S. The Morgan fingerprint density at radius 2 is 1.85 bits per heavy atom. The molecule has 0 aliphatic carbocycles. The van der Waals surface area contributed by atoms with Gasteiger partial charge in [0.2, 0.25) is 10.0 Å². The average Bonchev–Trinajstić information content (AvgIpc) is 2.59. The minimum Gasteiger partial charge on any atom is -0.294 e. The number of carbonyl (C=O) groups excluding carboxylic acids is 2. The van der Waals surface area contributed by atoms with Crippen LogP contribution in [0.5, 0.6) is 0 Å². The van der Waals surface area contributed by atoms with E-state index in [-0.39, 0.29) is 23.6 Å². The van der Waals surface area contributed by atoms with Gasteiger partial charge in [-0.05, 0) is 24.0 Å². The highest BCUT2D eigenvalue weighted by Crippen LogP contribution is 2.30. The van der Waals surface area contributed by atoms with Crippen LogP contribution in [0.2, 0.25) is 0 Å². The molecule has 0 saturated carbocycles. The Morgan fingerprint density at radius 1 is 1.23 bits per heavy atom. The van der Waals surface area contributed by atoms with E-state index in [0.29, 0.717) is 12.0 Å². The number of amides is 1. The first kappa shape index (κ1) is 22.3. The van der Waals surface area contributed by atoms with Crippen molar-refractivity contribution < 1.29 is 23.2 Å². The van der Waals surface area contributed by atoms with Crippen LogP contribution < -0.4 is 5.48 Å². The highest BCUT2D eigenvalue weighted by molar-refractivity contribution is 7.89. The van der Waals surface area contributed by atoms with Gasteiger partial charge in [-0.25, -0.2) is 13.9 Å². The molecule has 0 radical (unpaired) electrons. The normalized spacial score (nSPS) is 13.5. The van der Waals surface area contributed by atoms with E-state index < -0.39 is 27.4 Å². The summed E-state index contributed by atoms with van der Waals surface area (Å²) >= 11 is 0. The molecule has 0 fully saturated rings. The summed E-state index contributed by atoms with van der Waals surface area (Å²) in [5, 5.41) is 9.11. The van der Waals surface area contributed by atoms with Crippen molar-refractivity contribution in [2.75, 3.05) is 6.54 Å². The zero-order valence-electron chi connectivity index (χ0n) is 15.9. The fraction of sp³-hybridized carbons (Fsp3) is 0.556. The maximum Gasteiger partial charge on any atom is 0.262 e. The van der Waals surface area contributed by atoms with E-state index >= 15 is 0 Å². The number of benzene rings is 1. The second-order valence-electron chi connectivity index (χ2n) is 7.16. The average molecular weight is 384 g/mol. The first-order valence-electron chi connectivity index (χ1n) is 8.59. The lowest BCUT2D eigenvalue weighted by molar-refractivity contribution is -0.136. The molecule has 0 unspecified atom stereocenters. The maximum atomic E-state index is 13.2. The quantitative estimate of drug-likeness (QED) is 0.407. The Balaban J connectivity index is 3.51. The van der Waals surface area contributed by atoms with Crippen LogP contribution in [0.4, 0.5) is 0 Å². The van der Waals surface area contributed by atoms with Crippen molar-refractivity contribution in [3.8, 4) is 0 Å². The third-order valence-corrected chi connectivity index (χ3v) is 5.86. The van der Waals surface area contributed by atoms with Crippen molar-refractivity contribution in [2.24, 2.45) is 5.41 Å². The van der Waals surface area contributed by atoms with E-state index in [1.807, 2.05) is 0 Å². The van der Waals surface area contributed by atoms with Gasteiger partial charge in [0.1, 0.15) is 6.04 Å². The monoisotopic (exact) mass is 384 g/mol. The molecule has 1 rings (SSSR count). The first-order chi connectivity index (χ1) is 12.0. The van der Waals surface area contributed by atoms with Crippen molar-refractivity contribution in [3.63, 3.8) is 0 Å². The van der Waals surface area contributed by atoms with Crippen molar-refractivity contribution >= 4 is 21.7 Å². The maximum absolute atomic E-state index is 13.2. The molecule has 146 valence electrons. The molecule has 7 nitrogen and oxygen atoms in total. The third kappa shape index (κ3) is 4.90. The number of hydroxylamine groups is 1. The first-order valence-corrected chi connectivity index (χ1v) is 10.0.